The van der Waals surface area contributed by atoms with E-state index in [1.54, 1.807) is 24.5 Å². The van der Waals surface area contributed by atoms with Crippen LogP contribution in [0.25, 0.3) is 21.8 Å². The predicted molar refractivity (Wildman–Crippen MR) is 93.8 cm³/mol. The summed E-state index contributed by atoms with van der Waals surface area (Å²) in [5.74, 6) is -0.653. The maximum Gasteiger partial charge on any atom is 0.134 e. The van der Waals surface area contributed by atoms with Crippen LogP contribution in [0.2, 0.25) is 0 Å². The van der Waals surface area contributed by atoms with Gasteiger partial charge in [0.25, 0.3) is 0 Å². The van der Waals surface area contributed by atoms with Crippen molar-refractivity contribution < 1.29 is 14.0 Å². The summed E-state index contributed by atoms with van der Waals surface area (Å²) in [6.45, 7) is 0.243. The standard InChI is InChI=1S/C9H7FN2O.C9H9FN2/c10-8-4-9-6(1-2-11-9)3-7(8)5-12-13;10-8-4-9-6(1-2-12-9)3-7(8)5-11/h1-5,11,13H;1-4,12H,5,11H2/b12-5+;. The molecule has 4 rings (SSSR count). The van der Waals surface area contributed by atoms with Crippen LogP contribution in [0.5, 0.6) is 0 Å². The second-order valence-electron chi connectivity index (χ2n) is 5.40. The third kappa shape index (κ3) is 3.51. The van der Waals surface area contributed by atoms with Gasteiger partial charge in [-0.2, -0.15) is 0 Å². The third-order valence-corrected chi connectivity index (χ3v) is 3.81. The number of rotatable bonds is 2. The summed E-state index contributed by atoms with van der Waals surface area (Å²) in [5, 5.41) is 12.9. The van der Waals surface area contributed by atoms with Crippen molar-refractivity contribution in [2.24, 2.45) is 10.9 Å². The zero-order chi connectivity index (χ0) is 17.8. The van der Waals surface area contributed by atoms with E-state index >= 15 is 0 Å². The fourth-order valence-electron chi connectivity index (χ4n) is 2.53. The van der Waals surface area contributed by atoms with Gasteiger partial charge in [-0.05, 0) is 41.8 Å². The second-order valence-corrected chi connectivity index (χ2v) is 5.40. The summed E-state index contributed by atoms with van der Waals surface area (Å²) in [6.07, 6.45) is 4.58. The van der Waals surface area contributed by atoms with Crippen molar-refractivity contribution in [1.29, 1.82) is 0 Å². The molecule has 0 amide bonds. The van der Waals surface area contributed by atoms with Crippen LogP contribution in [0.3, 0.4) is 0 Å². The number of nitrogens with two attached hydrogens (primary N) is 1. The average Bonchev–Trinajstić information content (AvgIpc) is 3.23. The number of oxime groups is 1. The number of aromatic amines is 2. The van der Waals surface area contributed by atoms with Gasteiger partial charge in [0.05, 0.1) is 6.21 Å². The van der Waals surface area contributed by atoms with Gasteiger partial charge in [0.2, 0.25) is 0 Å². The molecule has 0 atom stereocenters. The molecule has 0 radical (unpaired) electrons. The molecule has 0 spiro atoms. The number of hydrogen-bond acceptors (Lipinski definition) is 3. The summed E-state index contributed by atoms with van der Waals surface area (Å²) in [6, 6.07) is 9.93. The first kappa shape index (κ1) is 16.7. The molecule has 2 aromatic heterocycles. The van der Waals surface area contributed by atoms with Gasteiger partial charge in [0.15, 0.2) is 0 Å². The highest BCUT2D eigenvalue weighted by Crippen LogP contribution is 2.17. The molecule has 0 aliphatic rings. The van der Waals surface area contributed by atoms with Gasteiger partial charge in [0, 0.05) is 46.5 Å². The minimum absolute atomic E-state index is 0.243. The number of nitrogens with zero attached hydrogens (tertiary/aromatic N) is 1. The van der Waals surface area contributed by atoms with E-state index in [1.165, 1.54) is 12.1 Å². The Kier molecular flexibility index (Phi) is 4.76. The maximum atomic E-state index is 13.2. The van der Waals surface area contributed by atoms with Crippen LogP contribution < -0.4 is 5.73 Å². The van der Waals surface area contributed by atoms with E-state index in [4.69, 9.17) is 10.9 Å². The predicted octanol–water partition coefficient (Wildman–Crippen LogP) is 3.88. The lowest BCUT2D eigenvalue weighted by Crippen LogP contribution is -1.99. The summed E-state index contributed by atoms with van der Waals surface area (Å²) < 4.78 is 26.3. The smallest absolute Gasteiger partial charge is 0.134 e. The monoisotopic (exact) mass is 342 g/mol. The molecular formula is C18H16F2N4O. The molecule has 128 valence electrons. The van der Waals surface area contributed by atoms with Crippen molar-refractivity contribution in [2.75, 3.05) is 0 Å². The number of hydrogen-bond donors (Lipinski definition) is 4. The van der Waals surface area contributed by atoms with Gasteiger partial charge in [-0.25, -0.2) is 8.78 Å². The molecule has 0 bridgehead atoms. The van der Waals surface area contributed by atoms with Crippen LogP contribution in [-0.2, 0) is 6.54 Å². The van der Waals surface area contributed by atoms with E-state index in [9.17, 15) is 8.78 Å². The van der Waals surface area contributed by atoms with Gasteiger partial charge in [-0.1, -0.05) is 5.16 Å². The number of benzene rings is 2. The van der Waals surface area contributed by atoms with E-state index in [-0.39, 0.29) is 17.9 Å². The zero-order valence-electron chi connectivity index (χ0n) is 13.1. The topological polar surface area (TPSA) is 90.2 Å². The van der Waals surface area contributed by atoms with E-state index in [0.717, 1.165) is 28.0 Å². The molecular weight excluding hydrogens is 326 g/mol. The Morgan fingerprint density at radius 2 is 1.56 bits per heavy atom. The summed E-state index contributed by atoms with van der Waals surface area (Å²) in [4.78, 5) is 5.81. The average molecular weight is 342 g/mol. The van der Waals surface area contributed by atoms with Gasteiger partial charge < -0.3 is 20.9 Å². The molecule has 7 heteroatoms. The van der Waals surface area contributed by atoms with Crippen molar-refractivity contribution >= 4 is 28.0 Å². The minimum atomic E-state index is -0.409. The van der Waals surface area contributed by atoms with Gasteiger partial charge in [-0.15, -0.1) is 0 Å². The van der Waals surface area contributed by atoms with Gasteiger partial charge >= 0.3 is 0 Å². The summed E-state index contributed by atoms with van der Waals surface area (Å²) in [7, 11) is 0. The first-order chi connectivity index (χ1) is 12.1. The fraction of sp³-hybridized carbons (Fsp3) is 0.0556. The van der Waals surface area contributed by atoms with Crippen molar-refractivity contribution in [3.8, 4) is 0 Å². The molecule has 0 saturated heterocycles. The Hall–Kier alpha value is -3.19. The molecule has 0 unspecified atom stereocenters. The Bertz CT molecular complexity index is 1040. The van der Waals surface area contributed by atoms with Gasteiger partial charge in [-0.3, -0.25) is 0 Å². The number of aromatic nitrogens is 2. The van der Waals surface area contributed by atoms with Crippen LogP contribution in [-0.4, -0.2) is 21.4 Å². The summed E-state index contributed by atoms with van der Waals surface area (Å²) >= 11 is 0. The lowest BCUT2D eigenvalue weighted by atomic mass is 10.1. The molecule has 2 heterocycles. The molecule has 0 saturated carbocycles. The highest BCUT2D eigenvalue weighted by atomic mass is 19.1. The normalized spacial score (nSPS) is 11.2. The molecule has 0 aliphatic heterocycles. The fourth-order valence-corrected chi connectivity index (χ4v) is 2.53. The second kappa shape index (κ2) is 7.14. The zero-order valence-corrected chi connectivity index (χ0v) is 13.1. The van der Waals surface area contributed by atoms with E-state index in [2.05, 4.69) is 15.1 Å². The highest BCUT2D eigenvalue weighted by molar-refractivity contribution is 5.89. The summed E-state index contributed by atoms with van der Waals surface area (Å²) in [5.41, 5.74) is 7.73. The van der Waals surface area contributed by atoms with E-state index in [1.807, 2.05) is 12.1 Å². The van der Waals surface area contributed by atoms with Crippen LogP contribution in [0.1, 0.15) is 11.1 Å². The lowest BCUT2D eigenvalue weighted by Gasteiger charge is -1.98. The van der Waals surface area contributed by atoms with Crippen molar-refractivity contribution in [3.05, 3.63) is 71.6 Å². The van der Waals surface area contributed by atoms with Crippen molar-refractivity contribution in [3.63, 3.8) is 0 Å². The van der Waals surface area contributed by atoms with E-state index < -0.39 is 5.82 Å². The van der Waals surface area contributed by atoms with Gasteiger partial charge in [0.1, 0.15) is 11.6 Å². The molecule has 5 nitrogen and oxygen atoms in total. The number of fused-ring (bicyclic) bond motifs is 2. The first-order valence-electron chi connectivity index (χ1n) is 7.52. The Labute approximate surface area is 141 Å². The van der Waals surface area contributed by atoms with Crippen LogP contribution >= 0.6 is 0 Å². The van der Waals surface area contributed by atoms with Crippen molar-refractivity contribution in [1.82, 2.24) is 9.97 Å². The molecule has 25 heavy (non-hydrogen) atoms. The minimum Gasteiger partial charge on any atom is -0.411 e. The number of H-pyrrole nitrogens is 2. The Morgan fingerprint density at radius 3 is 2.16 bits per heavy atom. The highest BCUT2D eigenvalue weighted by Gasteiger charge is 2.03. The van der Waals surface area contributed by atoms with Crippen LogP contribution in [0, 0.1) is 11.6 Å². The SMILES string of the molecule is NCc1cc2cc[nH]c2cc1F.O/N=C/c1cc2cc[nH]c2cc1F. The molecule has 2 aromatic carbocycles. The number of nitrogens with one attached hydrogen (secondary N) is 2. The Balaban J connectivity index is 0.000000146. The van der Waals surface area contributed by atoms with E-state index in [0.29, 0.717) is 5.56 Å². The molecule has 4 aromatic rings. The van der Waals surface area contributed by atoms with Crippen LogP contribution in [0.4, 0.5) is 8.78 Å². The first-order valence-corrected chi connectivity index (χ1v) is 7.52. The Morgan fingerprint density at radius 1 is 0.960 bits per heavy atom. The largest absolute Gasteiger partial charge is 0.411 e. The lowest BCUT2D eigenvalue weighted by molar-refractivity contribution is 0.321. The van der Waals surface area contributed by atoms with Crippen molar-refractivity contribution in [2.45, 2.75) is 6.54 Å². The molecule has 5 N–H and O–H groups in total. The maximum absolute atomic E-state index is 13.2. The quantitative estimate of drug-likeness (QED) is 0.253. The third-order valence-electron chi connectivity index (χ3n) is 3.81. The van der Waals surface area contributed by atoms with Crippen LogP contribution in [0.15, 0.2) is 53.9 Å². The number of halogens is 2. The molecule has 0 fully saturated rings. The molecule has 0 aliphatic carbocycles.